The lowest BCUT2D eigenvalue weighted by Gasteiger charge is -2.14. The molecule has 0 spiro atoms. The molecule has 1 rings (SSSR count). The van der Waals surface area contributed by atoms with Crippen molar-refractivity contribution in [3.05, 3.63) is 34.3 Å². The first-order valence-electron chi connectivity index (χ1n) is 6.41. The summed E-state index contributed by atoms with van der Waals surface area (Å²) in [6, 6.07) is 3.99. The van der Waals surface area contributed by atoms with Crippen LogP contribution in [0.15, 0.2) is 28.8 Å². The topological polar surface area (TPSA) is 39.7 Å². The number of methoxy groups -OCH3 is 2. The zero-order valence-corrected chi connectivity index (χ0v) is 13.9. The van der Waals surface area contributed by atoms with E-state index in [0.29, 0.717) is 24.7 Å². The van der Waals surface area contributed by atoms with Gasteiger partial charge >= 0.3 is 0 Å². The van der Waals surface area contributed by atoms with E-state index >= 15 is 0 Å². The normalized spacial score (nSPS) is 10.4. The summed E-state index contributed by atoms with van der Waals surface area (Å²) < 4.78 is 17.0. The fourth-order valence-corrected chi connectivity index (χ4v) is 2.22. The van der Waals surface area contributed by atoms with Gasteiger partial charge in [-0.15, -0.1) is 0 Å². The number of nitrogens with one attached hydrogen (secondary N) is 1. The zero-order chi connectivity index (χ0) is 15.0. The summed E-state index contributed by atoms with van der Waals surface area (Å²) in [4.78, 5) is 0. The molecule has 0 fully saturated rings. The minimum absolute atomic E-state index is 0.473. The van der Waals surface area contributed by atoms with Crippen molar-refractivity contribution in [1.29, 1.82) is 0 Å². The fourth-order valence-electron chi connectivity index (χ4n) is 1.62. The van der Waals surface area contributed by atoms with E-state index < -0.39 is 0 Å². The van der Waals surface area contributed by atoms with Crippen LogP contribution in [0.3, 0.4) is 0 Å². The van der Waals surface area contributed by atoms with E-state index in [1.54, 1.807) is 14.2 Å². The van der Waals surface area contributed by atoms with Crippen LogP contribution in [-0.2, 0) is 11.3 Å². The highest BCUT2D eigenvalue weighted by atomic mass is 79.9. The second kappa shape index (κ2) is 9.00. The quantitative estimate of drug-likeness (QED) is 0.552. The molecule has 0 saturated carbocycles. The van der Waals surface area contributed by atoms with E-state index in [4.69, 9.17) is 14.2 Å². The SMILES string of the molecule is C=C(C)COc1c(Br)cc(CNCCOC)cc1OC. The second-order valence-electron chi connectivity index (χ2n) is 4.52. The molecule has 0 atom stereocenters. The molecule has 1 N–H and O–H groups in total. The summed E-state index contributed by atoms with van der Waals surface area (Å²) >= 11 is 3.52. The van der Waals surface area contributed by atoms with E-state index in [-0.39, 0.29) is 0 Å². The van der Waals surface area contributed by atoms with Gasteiger partial charge in [0.05, 0.1) is 18.2 Å². The average molecular weight is 344 g/mol. The molecule has 0 aliphatic carbocycles. The van der Waals surface area contributed by atoms with Crippen LogP contribution in [0.4, 0.5) is 0 Å². The lowest BCUT2D eigenvalue weighted by atomic mass is 10.2. The molecular weight excluding hydrogens is 322 g/mol. The molecule has 0 radical (unpaired) electrons. The Kier molecular flexibility index (Phi) is 7.65. The third-order valence-corrected chi connectivity index (χ3v) is 3.15. The Bertz CT molecular complexity index is 449. The number of halogens is 1. The van der Waals surface area contributed by atoms with Crippen molar-refractivity contribution in [2.75, 3.05) is 34.0 Å². The second-order valence-corrected chi connectivity index (χ2v) is 5.38. The van der Waals surface area contributed by atoms with Gasteiger partial charge in [-0.3, -0.25) is 0 Å². The van der Waals surface area contributed by atoms with Crippen LogP contribution in [0.25, 0.3) is 0 Å². The summed E-state index contributed by atoms with van der Waals surface area (Å²) in [5, 5.41) is 3.29. The van der Waals surface area contributed by atoms with Crippen molar-refractivity contribution < 1.29 is 14.2 Å². The highest BCUT2D eigenvalue weighted by molar-refractivity contribution is 9.10. The van der Waals surface area contributed by atoms with Crippen LogP contribution < -0.4 is 14.8 Å². The molecule has 112 valence electrons. The van der Waals surface area contributed by atoms with Gasteiger partial charge in [0.1, 0.15) is 6.61 Å². The number of hydrogen-bond donors (Lipinski definition) is 1. The largest absolute Gasteiger partial charge is 0.493 e. The van der Waals surface area contributed by atoms with Crippen molar-refractivity contribution in [2.24, 2.45) is 0 Å². The molecule has 0 aromatic heterocycles. The van der Waals surface area contributed by atoms with Crippen LogP contribution in [0.2, 0.25) is 0 Å². The van der Waals surface area contributed by atoms with Crippen LogP contribution in [-0.4, -0.2) is 34.0 Å². The molecule has 5 heteroatoms. The van der Waals surface area contributed by atoms with E-state index in [1.165, 1.54) is 0 Å². The highest BCUT2D eigenvalue weighted by Crippen LogP contribution is 2.36. The maximum absolute atomic E-state index is 5.71. The van der Waals surface area contributed by atoms with Crippen molar-refractivity contribution in [2.45, 2.75) is 13.5 Å². The van der Waals surface area contributed by atoms with Crippen LogP contribution in [0.5, 0.6) is 11.5 Å². The fraction of sp³-hybridized carbons (Fsp3) is 0.467. The molecule has 0 saturated heterocycles. The summed E-state index contributed by atoms with van der Waals surface area (Å²) in [7, 11) is 3.33. The molecule has 0 heterocycles. The van der Waals surface area contributed by atoms with Crippen molar-refractivity contribution in [1.82, 2.24) is 5.32 Å². The molecule has 0 aliphatic rings. The minimum atomic E-state index is 0.473. The first kappa shape index (κ1) is 17.0. The summed E-state index contributed by atoms with van der Waals surface area (Å²) in [6.07, 6.45) is 0. The van der Waals surface area contributed by atoms with Gasteiger partial charge in [-0.25, -0.2) is 0 Å². The van der Waals surface area contributed by atoms with Gasteiger partial charge in [0.2, 0.25) is 0 Å². The molecule has 0 unspecified atom stereocenters. The molecule has 0 aliphatic heterocycles. The van der Waals surface area contributed by atoms with Gasteiger partial charge in [0.15, 0.2) is 11.5 Å². The Morgan fingerprint density at radius 3 is 2.70 bits per heavy atom. The molecule has 0 bridgehead atoms. The molecular formula is C15H22BrNO3. The molecule has 1 aromatic carbocycles. The third kappa shape index (κ3) is 5.53. The van der Waals surface area contributed by atoms with E-state index in [2.05, 4.69) is 27.8 Å². The molecule has 0 amide bonds. The summed E-state index contributed by atoms with van der Waals surface area (Å²) in [6.45, 7) is 8.48. The molecule has 4 nitrogen and oxygen atoms in total. The van der Waals surface area contributed by atoms with Crippen molar-refractivity contribution >= 4 is 15.9 Å². The van der Waals surface area contributed by atoms with Crippen LogP contribution >= 0.6 is 15.9 Å². The van der Waals surface area contributed by atoms with Gasteiger partial charge in [0.25, 0.3) is 0 Å². The van der Waals surface area contributed by atoms with Gasteiger partial charge in [-0.1, -0.05) is 6.58 Å². The maximum atomic E-state index is 5.71. The van der Waals surface area contributed by atoms with Gasteiger partial charge in [-0.2, -0.15) is 0 Å². The Labute approximate surface area is 129 Å². The average Bonchev–Trinajstić information content (AvgIpc) is 2.41. The van der Waals surface area contributed by atoms with Crippen LogP contribution in [0.1, 0.15) is 12.5 Å². The Morgan fingerprint density at radius 1 is 1.35 bits per heavy atom. The lowest BCUT2D eigenvalue weighted by molar-refractivity contribution is 0.199. The van der Waals surface area contributed by atoms with E-state index in [9.17, 15) is 0 Å². The van der Waals surface area contributed by atoms with E-state index in [1.807, 2.05) is 19.1 Å². The number of benzene rings is 1. The maximum Gasteiger partial charge on any atom is 0.175 e. The van der Waals surface area contributed by atoms with Crippen molar-refractivity contribution in [3.63, 3.8) is 0 Å². The lowest BCUT2D eigenvalue weighted by Crippen LogP contribution is -2.18. The number of rotatable bonds is 9. The Morgan fingerprint density at radius 2 is 2.10 bits per heavy atom. The Hall–Kier alpha value is -1.04. The molecule has 1 aromatic rings. The molecule has 20 heavy (non-hydrogen) atoms. The first-order valence-corrected chi connectivity index (χ1v) is 7.21. The zero-order valence-electron chi connectivity index (χ0n) is 12.3. The van der Waals surface area contributed by atoms with Gasteiger partial charge < -0.3 is 19.5 Å². The van der Waals surface area contributed by atoms with Gasteiger partial charge in [0, 0.05) is 20.2 Å². The third-order valence-electron chi connectivity index (χ3n) is 2.56. The predicted octanol–water partition coefficient (Wildman–Crippen LogP) is 3.15. The highest BCUT2D eigenvalue weighted by Gasteiger charge is 2.11. The first-order chi connectivity index (χ1) is 9.58. The van der Waals surface area contributed by atoms with Crippen LogP contribution in [0, 0.1) is 0 Å². The van der Waals surface area contributed by atoms with Crippen molar-refractivity contribution in [3.8, 4) is 11.5 Å². The summed E-state index contributed by atoms with van der Waals surface area (Å²) in [5.74, 6) is 1.42. The summed E-state index contributed by atoms with van der Waals surface area (Å²) in [5.41, 5.74) is 2.08. The predicted molar refractivity (Wildman–Crippen MR) is 84.6 cm³/mol. The minimum Gasteiger partial charge on any atom is -0.493 e. The number of hydrogen-bond acceptors (Lipinski definition) is 4. The Balaban J connectivity index is 2.75. The van der Waals surface area contributed by atoms with E-state index in [0.717, 1.165) is 28.7 Å². The standard InChI is InChI=1S/C15H22BrNO3/c1-11(2)10-20-15-13(16)7-12(8-14(15)19-4)9-17-5-6-18-3/h7-8,17H,1,5-6,9-10H2,2-4H3. The number of ether oxygens (including phenoxy) is 3. The monoisotopic (exact) mass is 343 g/mol. The smallest absolute Gasteiger partial charge is 0.175 e. The van der Waals surface area contributed by atoms with Gasteiger partial charge in [-0.05, 0) is 46.1 Å².